The molecule has 2 aromatic carbocycles. The van der Waals surface area contributed by atoms with E-state index in [1.165, 1.54) is 62.6 Å². The summed E-state index contributed by atoms with van der Waals surface area (Å²) in [5, 5.41) is 2.81. The highest BCUT2D eigenvalue weighted by atomic mass is 35.5. The van der Waals surface area contributed by atoms with Crippen LogP contribution in [0, 0.1) is 5.82 Å². The highest BCUT2D eigenvalue weighted by molar-refractivity contribution is 6.32. The van der Waals surface area contributed by atoms with Crippen molar-refractivity contribution in [2.75, 3.05) is 33.1 Å². The van der Waals surface area contributed by atoms with Crippen LogP contribution in [0.15, 0.2) is 36.4 Å². The summed E-state index contributed by atoms with van der Waals surface area (Å²) in [5.41, 5.74) is 0.691. The normalized spacial score (nSPS) is 10.2. The van der Waals surface area contributed by atoms with E-state index in [9.17, 15) is 14.0 Å². The molecule has 0 unspecified atom stereocenters. The van der Waals surface area contributed by atoms with Crippen molar-refractivity contribution in [3.8, 4) is 11.5 Å². The molecule has 0 bridgehead atoms. The van der Waals surface area contributed by atoms with Gasteiger partial charge in [-0.05, 0) is 36.4 Å². The van der Waals surface area contributed by atoms with E-state index in [1.807, 2.05) is 0 Å². The third kappa shape index (κ3) is 4.64. The molecule has 0 atom stereocenters. The van der Waals surface area contributed by atoms with Gasteiger partial charge in [-0.15, -0.1) is 0 Å². The van der Waals surface area contributed by atoms with Crippen LogP contribution in [0.5, 0.6) is 11.5 Å². The molecule has 0 aliphatic rings. The van der Waals surface area contributed by atoms with E-state index in [0.717, 1.165) is 0 Å². The van der Waals surface area contributed by atoms with Gasteiger partial charge >= 0.3 is 0 Å². The largest absolute Gasteiger partial charge is 0.493 e. The fourth-order valence-electron chi connectivity index (χ4n) is 2.28. The molecule has 2 aromatic rings. The lowest BCUT2D eigenvalue weighted by molar-refractivity contribution is -0.116. The van der Waals surface area contributed by atoms with E-state index in [4.69, 9.17) is 21.1 Å². The number of carbonyl (C=O) groups excluding carboxylic acids is 2. The Hall–Kier alpha value is -2.80. The number of hydrogen-bond donors (Lipinski definition) is 1. The third-order valence-corrected chi connectivity index (χ3v) is 3.82. The number of likely N-dealkylation sites (N-methyl/N-ethyl adjacent to an activating group) is 1. The second kappa shape index (κ2) is 8.53. The molecular weight excluding hydrogens is 363 g/mol. The second-order valence-corrected chi connectivity index (χ2v) is 5.82. The Morgan fingerprint density at radius 3 is 2.38 bits per heavy atom. The zero-order valence-electron chi connectivity index (χ0n) is 14.5. The SMILES string of the molecule is COc1cc(C(=O)N(C)CC(=O)Nc2ccc(F)cc2)cc(Cl)c1OC. The standard InChI is InChI=1S/C18H18ClFN2O4/c1-22(10-16(23)21-13-6-4-12(20)5-7-13)18(24)11-8-14(19)17(26-3)15(9-11)25-2/h4-9H,10H2,1-3H3,(H,21,23). The quantitative estimate of drug-likeness (QED) is 0.835. The van der Waals surface area contributed by atoms with Crippen LogP contribution >= 0.6 is 11.6 Å². The minimum absolute atomic E-state index is 0.192. The van der Waals surface area contributed by atoms with Crippen LogP contribution in [0.1, 0.15) is 10.4 Å². The molecule has 0 aliphatic carbocycles. The van der Waals surface area contributed by atoms with Gasteiger partial charge in [0.1, 0.15) is 5.82 Å². The summed E-state index contributed by atoms with van der Waals surface area (Å²) in [6.07, 6.45) is 0. The lowest BCUT2D eigenvalue weighted by atomic mass is 10.1. The maximum Gasteiger partial charge on any atom is 0.254 e. The molecule has 0 heterocycles. The maximum absolute atomic E-state index is 12.9. The topological polar surface area (TPSA) is 67.9 Å². The van der Waals surface area contributed by atoms with Crippen molar-refractivity contribution in [3.05, 3.63) is 52.8 Å². The van der Waals surface area contributed by atoms with E-state index in [1.54, 1.807) is 0 Å². The molecule has 0 aliphatic heterocycles. The van der Waals surface area contributed by atoms with Crippen LogP contribution in [0.2, 0.25) is 5.02 Å². The predicted molar refractivity (Wildman–Crippen MR) is 96.5 cm³/mol. The Balaban J connectivity index is 2.08. The molecule has 0 spiro atoms. The molecular formula is C18H18ClFN2O4. The van der Waals surface area contributed by atoms with Crippen LogP contribution < -0.4 is 14.8 Å². The van der Waals surface area contributed by atoms with E-state index >= 15 is 0 Å². The minimum atomic E-state index is -0.418. The summed E-state index contributed by atoms with van der Waals surface area (Å²) in [6.45, 7) is -0.192. The van der Waals surface area contributed by atoms with Crippen LogP contribution in [0.3, 0.4) is 0 Å². The van der Waals surface area contributed by atoms with Crippen LogP contribution in [0.25, 0.3) is 0 Å². The first-order valence-corrected chi connectivity index (χ1v) is 7.96. The highest BCUT2D eigenvalue weighted by Crippen LogP contribution is 2.36. The monoisotopic (exact) mass is 380 g/mol. The van der Waals surface area contributed by atoms with Gasteiger partial charge in [0.15, 0.2) is 11.5 Å². The van der Waals surface area contributed by atoms with E-state index < -0.39 is 17.6 Å². The lowest BCUT2D eigenvalue weighted by Gasteiger charge is -2.18. The molecule has 138 valence electrons. The Morgan fingerprint density at radius 1 is 1.15 bits per heavy atom. The number of nitrogens with zero attached hydrogens (tertiary/aromatic N) is 1. The fraction of sp³-hybridized carbons (Fsp3) is 0.222. The Kier molecular flexibility index (Phi) is 6.41. The van der Waals surface area contributed by atoms with Gasteiger partial charge < -0.3 is 19.7 Å². The predicted octanol–water partition coefficient (Wildman–Crippen LogP) is 3.21. The molecule has 8 heteroatoms. The van der Waals surface area contributed by atoms with Gasteiger partial charge in [-0.2, -0.15) is 0 Å². The number of carbonyl (C=O) groups is 2. The number of ether oxygens (including phenoxy) is 2. The lowest BCUT2D eigenvalue weighted by Crippen LogP contribution is -2.35. The van der Waals surface area contributed by atoms with Gasteiger partial charge in [-0.1, -0.05) is 11.6 Å². The number of nitrogens with one attached hydrogen (secondary N) is 1. The highest BCUT2D eigenvalue weighted by Gasteiger charge is 2.19. The number of halogens is 2. The molecule has 0 fully saturated rings. The summed E-state index contributed by atoms with van der Waals surface area (Å²) in [7, 11) is 4.36. The van der Waals surface area contributed by atoms with Crippen LogP contribution in [-0.2, 0) is 4.79 Å². The Labute approximate surface area is 155 Å². The number of benzene rings is 2. The van der Waals surface area contributed by atoms with Crippen molar-refractivity contribution in [2.24, 2.45) is 0 Å². The summed E-state index contributed by atoms with van der Waals surface area (Å²) >= 11 is 6.10. The summed E-state index contributed by atoms with van der Waals surface area (Å²) in [4.78, 5) is 25.8. The molecule has 2 amide bonds. The average molecular weight is 381 g/mol. The number of methoxy groups -OCH3 is 2. The summed E-state index contributed by atoms with van der Waals surface area (Å²) < 4.78 is 23.2. The summed E-state index contributed by atoms with van der Waals surface area (Å²) in [6, 6.07) is 8.26. The number of anilines is 1. The van der Waals surface area contributed by atoms with Crippen molar-refractivity contribution in [2.45, 2.75) is 0 Å². The van der Waals surface area contributed by atoms with Crippen molar-refractivity contribution in [3.63, 3.8) is 0 Å². The first-order chi connectivity index (χ1) is 12.3. The Bertz CT molecular complexity index is 812. The van der Waals surface area contributed by atoms with Gasteiger partial charge in [-0.25, -0.2) is 4.39 Å². The van der Waals surface area contributed by atoms with Crippen molar-refractivity contribution in [1.82, 2.24) is 4.90 Å². The van der Waals surface area contributed by atoms with Crippen molar-refractivity contribution in [1.29, 1.82) is 0 Å². The fourth-order valence-corrected chi connectivity index (χ4v) is 2.57. The number of amides is 2. The molecule has 0 radical (unpaired) electrons. The van der Waals surface area contributed by atoms with Gasteiger partial charge in [0, 0.05) is 18.3 Å². The van der Waals surface area contributed by atoms with Gasteiger partial charge in [0.25, 0.3) is 5.91 Å². The molecule has 26 heavy (non-hydrogen) atoms. The van der Waals surface area contributed by atoms with Gasteiger partial charge in [-0.3, -0.25) is 9.59 Å². The molecule has 0 saturated carbocycles. The molecule has 0 saturated heterocycles. The zero-order chi connectivity index (χ0) is 19.3. The molecule has 0 aromatic heterocycles. The minimum Gasteiger partial charge on any atom is -0.493 e. The van der Waals surface area contributed by atoms with Crippen LogP contribution in [-0.4, -0.2) is 44.5 Å². The van der Waals surface area contributed by atoms with Crippen molar-refractivity contribution >= 4 is 29.1 Å². The average Bonchev–Trinajstić information content (AvgIpc) is 2.62. The Morgan fingerprint density at radius 2 is 1.81 bits per heavy atom. The van der Waals surface area contributed by atoms with E-state index in [0.29, 0.717) is 17.2 Å². The van der Waals surface area contributed by atoms with Gasteiger partial charge in [0.05, 0.1) is 25.8 Å². The first-order valence-electron chi connectivity index (χ1n) is 7.58. The smallest absolute Gasteiger partial charge is 0.254 e. The van der Waals surface area contributed by atoms with E-state index in [2.05, 4.69) is 5.32 Å². The number of rotatable bonds is 6. The first kappa shape index (κ1) is 19.5. The summed E-state index contributed by atoms with van der Waals surface area (Å²) in [5.74, 6) is -0.600. The van der Waals surface area contributed by atoms with Crippen LogP contribution in [0.4, 0.5) is 10.1 Å². The van der Waals surface area contributed by atoms with Gasteiger partial charge in [0.2, 0.25) is 5.91 Å². The molecule has 6 nitrogen and oxygen atoms in total. The second-order valence-electron chi connectivity index (χ2n) is 5.41. The van der Waals surface area contributed by atoms with E-state index in [-0.39, 0.29) is 17.1 Å². The number of hydrogen-bond acceptors (Lipinski definition) is 4. The van der Waals surface area contributed by atoms with Crippen molar-refractivity contribution < 1.29 is 23.5 Å². The zero-order valence-corrected chi connectivity index (χ0v) is 15.3. The molecule has 1 N–H and O–H groups in total. The third-order valence-electron chi connectivity index (χ3n) is 3.54. The molecule has 2 rings (SSSR count). The maximum atomic E-state index is 12.9.